The number of aromatic nitrogens is 2. The molecule has 0 bridgehead atoms. The van der Waals surface area contributed by atoms with Crippen LogP contribution in [0.15, 0.2) is 35.2 Å². The van der Waals surface area contributed by atoms with E-state index in [1.807, 2.05) is 0 Å². The number of anilines is 1. The van der Waals surface area contributed by atoms with E-state index in [-0.39, 0.29) is 13.0 Å². The SMILES string of the molecule is COC(=O)[C@H]1C[C@@H](S(=O)(=O)c2ccccc2C(F)(F)F)CN1c1cc(C)[nH]n1. The number of carbonyl (C=O) groups excluding carboxylic acids is 1. The van der Waals surface area contributed by atoms with Crippen molar-refractivity contribution in [2.24, 2.45) is 0 Å². The Hall–Kier alpha value is -2.56. The second-order valence-electron chi connectivity index (χ2n) is 6.50. The van der Waals surface area contributed by atoms with Crippen molar-refractivity contribution in [3.63, 3.8) is 0 Å². The molecular formula is C17H18F3N3O4S. The number of nitrogens with zero attached hydrogens (tertiary/aromatic N) is 2. The number of aryl methyl sites for hydroxylation is 1. The van der Waals surface area contributed by atoms with E-state index >= 15 is 0 Å². The normalized spacial score (nSPS) is 20.4. The van der Waals surface area contributed by atoms with Crippen molar-refractivity contribution in [3.8, 4) is 0 Å². The van der Waals surface area contributed by atoms with E-state index in [4.69, 9.17) is 4.74 Å². The Morgan fingerprint density at radius 2 is 2.00 bits per heavy atom. The van der Waals surface area contributed by atoms with Crippen molar-refractivity contribution in [1.82, 2.24) is 10.2 Å². The molecule has 1 fully saturated rings. The first-order valence-electron chi connectivity index (χ1n) is 8.32. The quantitative estimate of drug-likeness (QED) is 0.768. The Labute approximate surface area is 159 Å². The maximum atomic E-state index is 13.3. The van der Waals surface area contributed by atoms with Gasteiger partial charge in [0.2, 0.25) is 0 Å². The number of hydrogen-bond acceptors (Lipinski definition) is 6. The molecule has 2 heterocycles. The highest BCUT2D eigenvalue weighted by Gasteiger charge is 2.47. The summed E-state index contributed by atoms with van der Waals surface area (Å²) in [4.78, 5) is 12.8. The standard InChI is InChI=1S/C17H18F3N3O4S/c1-10-7-15(22-21-10)23-9-11(8-13(23)16(24)27-2)28(25,26)14-6-4-3-5-12(14)17(18,19)20/h3-7,11,13H,8-9H2,1-2H3,(H,21,22)/t11-,13-/m1/s1. The van der Waals surface area contributed by atoms with Gasteiger partial charge in [-0.2, -0.15) is 18.3 Å². The number of H-pyrrole nitrogens is 1. The lowest BCUT2D eigenvalue weighted by Crippen LogP contribution is -2.37. The summed E-state index contributed by atoms with van der Waals surface area (Å²) in [6.07, 6.45) is -5.02. The first kappa shape index (κ1) is 20.2. The minimum atomic E-state index is -4.82. The number of rotatable bonds is 4. The van der Waals surface area contributed by atoms with Crippen molar-refractivity contribution in [1.29, 1.82) is 0 Å². The zero-order chi connectivity index (χ0) is 20.7. The Balaban J connectivity index is 2.01. The number of benzene rings is 1. The lowest BCUT2D eigenvalue weighted by molar-refractivity contribution is -0.142. The highest BCUT2D eigenvalue weighted by Crippen LogP contribution is 2.38. The van der Waals surface area contributed by atoms with Gasteiger partial charge in [0.15, 0.2) is 15.7 Å². The fraction of sp³-hybridized carbons (Fsp3) is 0.412. The third kappa shape index (κ3) is 3.58. The predicted molar refractivity (Wildman–Crippen MR) is 93.5 cm³/mol. The van der Waals surface area contributed by atoms with Crippen molar-refractivity contribution in [3.05, 3.63) is 41.6 Å². The summed E-state index contributed by atoms with van der Waals surface area (Å²) < 4.78 is 70.7. The van der Waals surface area contributed by atoms with Crippen LogP contribution in [0, 0.1) is 6.92 Å². The van der Waals surface area contributed by atoms with Gasteiger partial charge in [0.1, 0.15) is 6.04 Å². The number of esters is 1. The number of sulfone groups is 1. The van der Waals surface area contributed by atoms with Gasteiger partial charge in [0.05, 0.1) is 22.8 Å². The molecule has 7 nitrogen and oxygen atoms in total. The number of carbonyl (C=O) groups is 1. The zero-order valence-corrected chi connectivity index (χ0v) is 15.8. The van der Waals surface area contributed by atoms with Crippen LogP contribution in [-0.4, -0.2) is 49.5 Å². The van der Waals surface area contributed by atoms with Gasteiger partial charge in [-0.1, -0.05) is 12.1 Å². The lowest BCUT2D eigenvalue weighted by Gasteiger charge is -2.21. The molecule has 1 aromatic carbocycles. The molecular weight excluding hydrogens is 399 g/mol. The van der Waals surface area contributed by atoms with Gasteiger partial charge in [0.25, 0.3) is 0 Å². The fourth-order valence-electron chi connectivity index (χ4n) is 3.31. The minimum absolute atomic E-state index is 0.182. The Morgan fingerprint density at radius 3 is 2.57 bits per heavy atom. The largest absolute Gasteiger partial charge is 0.467 e. The van der Waals surface area contributed by atoms with Crippen LogP contribution >= 0.6 is 0 Å². The number of alkyl halides is 3. The van der Waals surface area contributed by atoms with E-state index in [2.05, 4.69) is 10.2 Å². The lowest BCUT2D eigenvalue weighted by atomic mass is 10.2. The van der Waals surface area contributed by atoms with Gasteiger partial charge >= 0.3 is 12.1 Å². The second kappa shape index (κ2) is 7.12. The van der Waals surface area contributed by atoms with Crippen molar-refractivity contribution < 1.29 is 31.1 Å². The van der Waals surface area contributed by atoms with Gasteiger partial charge in [-0.3, -0.25) is 5.10 Å². The monoisotopic (exact) mass is 417 g/mol. The van der Waals surface area contributed by atoms with E-state index in [0.717, 1.165) is 25.3 Å². The minimum Gasteiger partial charge on any atom is -0.467 e. The molecule has 0 amide bonds. The van der Waals surface area contributed by atoms with Crippen molar-refractivity contribution >= 4 is 21.6 Å². The zero-order valence-electron chi connectivity index (χ0n) is 15.0. The molecule has 0 spiro atoms. The maximum Gasteiger partial charge on any atom is 0.417 e. The molecule has 1 N–H and O–H groups in total. The van der Waals surface area contributed by atoms with Crippen LogP contribution < -0.4 is 4.90 Å². The van der Waals surface area contributed by atoms with Crippen LogP contribution in [0.3, 0.4) is 0 Å². The number of aromatic amines is 1. The van der Waals surface area contributed by atoms with Crippen molar-refractivity contribution in [2.45, 2.75) is 35.7 Å². The molecule has 1 aliphatic rings. The summed E-state index contributed by atoms with van der Waals surface area (Å²) in [5.41, 5.74) is -0.536. The van der Waals surface area contributed by atoms with Crippen molar-refractivity contribution in [2.75, 3.05) is 18.6 Å². The molecule has 152 valence electrons. The molecule has 2 aromatic rings. The third-order valence-corrected chi connectivity index (χ3v) is 6.85. The summed E-state index contributed by atoms with van der Waals surface area (Å²) in [7, 11) is -3.20. The maximum absolute atomic E-state index is 13.3. The van der Waals surface area contributed by atoms with Gasteiger partial charge < -0.3 is 9.64 Å². The number of nitrogens with one attached hydrogen (secondary N) is 1. The topological polar surface area (TPSA) is 92.4 Å². The molecule has 0 unspecified atom stereocenters. The van der Waals surface area contributed by atoms with E-state index in [9.17, 15) is 26.4 Å². The number of methoxy groups -OCH3 is 1. The molecule has 2 atom stereocenters. The molecule has 1 saturated heterocycles. The number of hydrogen-bond donors (Lipinski definition) is 1. The first-order chi connectivity index (χ1) is 13.1. The summed E-state index contributed by atoms with van der Waals surface area (Å²) in [6.45, 7) is 1.55. The Kier molecular flexibility index (Phi) is 5.13. The van der Waals surface area contributed by atoms with E-state index in [0.29, 0.717) is 11.5 Å². The molecule has 3 rings (SSSR count). The summed E-state index contributed by atoms with van der Waals surface area (Å²) in [5.74, 6) is -0.350. The second-order valence-corrected chi connectivity index (χ2v) is 8.69. The average molecular weight is 417 g/mol. The van der Waals surface area contributed by atoms with Crippen LogP contribution in [0.5, 0.6) is 0 Å². The first-order valence-corrected chi connectivity index (χ1v) is 9.87. The molecule has 28 heavy (non-hydrogen) atoms. The summed E-state index contributed by atoms with van der Waals surface area (Å²) >= 11 is 0. The number of ether oxygens (including phenoxy) is 1. The van der Waals surface area contributed by atoms with Gasteiger partial charge in [-0.25, -0.2) is 13.2 Å². The van der Waals surface area contributed by atoms with Crippen LogP contribution in [-0.2, 0) is 25.5 Å². The highest BCUT2D eigenvalue weighted by atomic mass is 32.2. The van der Waals surface area contributed by atoms with Crippen LogP contribution in [0.2, 0.25) is 0 Å². The molecule has 1 aliphatic heterocycles. The van der Waals surface area contributed by atoms with E-state index in [1.54, 1.807) is 13.0 Å². The number of halogens is 3. The average Bonchev–Trinajstić information content (AvgIpc) is 3.27. The van der Waals surface area contributed by atoms with Gasteiger partial charge in [-0.15, -0.1) is 0 Å². The Bertz CT molecular complexity index is 988. The van der Waals surface area contributed by atoms with Gasteiger partial charge in [-0.05, 0) is 25.5 Å². The highest BCUT2D eigenvalue weighted by molar-refractivity contribution is 7.92. The van der Waals surface area contributed by atoms with Crippen LogP contribution in [0.1, 0.15) is 17.7 Å². The third-order valence-electron chi connectivity index (χ3n) is 4.66. The van der Waals surface area contributed by atoms with E-state index < -0.39 is 43.7 Å². The summed E-state index contributed by atoms with van der Waals surface area (Å²) in [5, 5.41) is 5.50. The smallest absolute Gasteiger partial charge is 0.417 e. The predicted octanol–water partition coefficient (Wildman–Crippen LogP) is 2.33. The molecule has 0 radical (unpaired) electrons. The molecule has 11 heteroatoms. The van der Waals surface area contributed by atoms with E-state index in [1.165, 1.54) is 11.0 Å². The van der Waals surface area contributed by atoms with Crippen LogP contribution in [0.4, 0.5) is 19.0 Å². The Morgan fingerprint density at radius 1 is 1.32 bits per heavy atom. The molecule has 0 saturated carbocycles. The van der Waals surface area contributed by atoms with Crippen LogP contribution in [0.25, 0.3) is 0 Å². The fourth-order valence-corrected chi connectivity index (χ4v) is 5.22. The van der Waals surface area contributed by atoms with Gasteiger partial charge in [0, 0.05) is 18.3 Å². The summed E-state index contributed by atoms with van der Waals surface area (Å²) in [6, 6.07) is 4.69. The molecule has 1 aromatic heterocycles. The molecule has 0 aliphatic carbocycles.